The lowest BCUT2D eigenvalue weighted by Crippen LogP contribution is -2.51. The Morgan fingerprint density at radius 2 is 1.58 bits per heavy atom. The average Bonchev–Trinajstić information content (AvgIpc) is 2.68. The van der Waals surface area contributed by atoms with Crippen LogP contribution in [0, 0.1) is 0 Å². The molecule has 0 amide bonds. The van der Waals surface area contributed by atoms with Crippen LogP contribution in [0.15, 0.2) is 40.3 Å². The zero-order valence-corrected chi connectivity index (χ0v) is 16.1. The van der Waals surface area contributed by atoms with E-state index in [-0.39, 0.29) is 0 Å². The number of anilines is 1. The van der Waals surface area contributed by atoms with Crippen molar-refractivity contribution in [2.24, 2.45) is 21.5 Å². The second-order valence-corrected chi connectivity index (χ2v) is 6.79. The van der Waals surface area contributed by atoms with Crippen LogP contribution in [0.3, 0.4) is 0 Å². The Balaban J connectivity index is 1.71. The molecule has 2 rings (SSSR count). The summed E-state index contributed by atoms with van der Waals surface area (Å²) in [5.74, 6) is 0.767. The summed E-state index contributed by atoms with van der Waals surface area (Å²) >= 11 is 0. The highest BCUT2D eigenvalue weighted by molar-refractivity contribution is 5.93. The fourth-order valence-electron chi connectivity index (χ4n) is 3.14. The molecule has 0 aliphatic carbocycles. The van der Waals surface area contributed by atoms with Gasteiger partial charge in [-0.2, -0.15) is 4.99 Å². The highest BCUT2D eigenvalue weighted by Crippen LogP contribution is 2.15. The number of rotatable bonds is 8. The highest BCUT2D eigenvalue weighted by Gasteiger charge is 2.18. The summed E-state index contributed by atoms with van der Waals surface area (Å²) in [5.41, 5.74) is 13.3. The van der Waals surface area contributed by atoms with Crippen LogP contribution in [0.4, 0.5) is 5.69 Å². The molecule has 1 aliphatic rings. The summed E-state index contributed by atoms with van der Waals surface area (Å²) in [4.78, 5) is 13.0. The number of piperazine rings is 1. The van der Waals surface area contributed by atoms with Crippen LogP contribution in [0.2, 0.25) is 0 Å². The van der Waals surface area contributed by atoms with Crippen LogP contribution in [0.1, 0.15) is 45.4 Å². The molecule has 1 aliphatic heterocycles. The Kier molecular flexibility index (Phi) is 8.79. The Bertz CT molecular complexity index is 561. The third-order valence-electron chi connectivity index (χ3n) is 4.74. The average molecular weight is 359 g/mol. The van der Waals surface area contributed by atoms with Crippen molar-refractivity contribution in [2.75, 3.05) is 37.6 Å². The molecule has 26 heavy (non-hydrogen) atoms. The van der Waals surface area contributed by atoms with Gasteiger partial charge in [0, 0.05) is 38.4 Å². The molecule has 0 radical (unpaired) electrons. The van der Waals surface area contributed by atoms with Gasteiger partial charge in [0.25, 0.3) is 0 Å². The number of aliphatic imine (C=N–C) groups is 2. The summed E-state index contributed by atoms with van der Waals surface area (Å²) in [6, 6.07) is 10.5. The van der Waals surface area contributed by atoms with Crippen LogP contribution in [-0.2, 0) is 0 Å². The quantitative estimate of drug-likeness (QED) is 0.425. The predicted molar refractivity (Wildman–Crippen MR) is 112 cm³/mol. The van der Waals surface area contributed by atoms with Gasteiger partial charge in [0.2, 0.25) is 5.96 Å². The second kappa shape index (κ2) is 11.4. The van der Waals surface area contributed by atoms with Crippen molar-refractivity contribution in [3.63, 3.8) is 0 Å². The lowest BCUT2D eigenvalue weighted by Gasteiger charge is -2.36. The van der Waals surface area contributed by atoms with Crippen LogP contribution in [-0.4, -0.2) is 49.5 Å². The Hall–Kier alpha value is -2.24. The van der Waals surface area contributed by atoms with Gasteiger partial charge in [0.15, 0.2) is 5.96 Å². The van der Waals surface area contributed by atoms with Crippen molar-refractivity contribution in [2.45, 2.75) is 45.4 Å². The zero-order valence-electron chi connectivity index (χ0n) is 16.1. The molecule has 1 saturated heterocycles. The second-order valence-electron chi connectivity index (χ2n) is 6.79. The Labute approximate surface area is 158 Å². The molecule has 0 atom stereocenters. The van der Waals surface area contributed by atoms with Crippen molar-refractivity contribution in [3.8, 4) is 0 Å². The van der Waals surface area contributed by atoms with E-state index in [1.54, 1.807) is 0 Å². The normalized spacial score (nSPS) is 16.2. The molecule has 1 fully saturated rings. The minimum atomic E-state index is 0.293. The van der Waals surface area contributed by atoms with E-state index >= 15 is 0 Å². The fourth-order valence-corrected chi connectivity index (χ4v) is 3.14. The first-order valence-corrected chi connectivity index (χ1v) is 9.89. The van der Waals surface area contributed by atoms with E-state index in [0.717, 1.165) is 39.1 Å². The number of hydrogen-bond donors (Lipinski definition) is 2. The summed E-state index contributed by atoms with van der Waals surface area (Å²) in [6.07, 6.45) is 7.46. The van der Waals surface area contributed by atoms with E-state index in [9.17, 15) is 0 Å². The number of para-hydroxylation sites is 1. The largest absolute Gasteiger partial charge is 0.369 e. The molecule has 0 unspecified atom stereocenters. The van der Waals surface area contributed by atoms with Crippen LogP contribution in [0.5, 0.6) is 0 Å². The number of benzene rings is 1. The molecule has 0 saturated carbocycles. The van der Waals surface area contributed by atoms with Gasteiger partial charge in [0.05, 0.1) is 0 Å². The van der Waals surface area contributed by atoms with Gasteiger partial charge in [-0.3, -0.25) is 4.99 Å². The maximum absolute atomic E-state index is 6.12. The first kappa shape index (κ1) is 20.1. The predicted octanol–water partition coefficient (Wildman–Crippen LogP) is 2.80. The molecule has 144 valence electrons. The van der Waals surface area contributed by atoms with E-state index in [0.29, 0.717) is 11.9 Å². The lowest BCUT2D eigenvalue weighted by molar-refractivity contribution is 0.382. The number of unbranched alkanes of at least 4 members (excludes halogenated alkanes) is 5. The van der Waals surface area contributed by atoms with Crippen molar-refractivity contribution in [3.05, 3.63) is 30.3 Å². The third kappa shape index (κ3) is 6.94. The number of nitrogens with two attached hydrogens (primary N) is 2. The third-order valence-corrected chi connectivity index (χ3v) is 4.74. The van der Waals surface area contributed by atoms with Gasteiger partial charge < -0.3 is 21.3 Å². The van der Waals surface area contributed by atoms with E-state index < -0.39 is 0 Å². The summed E-state index contributed by atoms with van der Waals surface area (Å²) < 4.78 is 0. The van der Waals surface area contributed by atoms with Gasteiger partial charge in [-0.15, -0.1) is 0 Å². The number of guanidine groups is 2. The van der Waals surface area contributed by atoms with E-state index in [1.807, 2.05) is 6.07 Å². The first-order chi connectivity index (χ1) is 12.7. The Morgan fingerprint density at radius 1 is 0.923 bits per heavy atom. The lowest BCUT2D eigenvalue weighted by atomic mass is 10.1. The minimum absolute atomic E-state index is 0.293. The number of nitrogens with zero attached hydrogens (tertiary/aromatic N) is 4. The van der Waals surface area contributed by atoms with Crippen LogP contribution >= 0.6 is 0 Å². The van der Waals surface area contributed by atoms with Crippen LogP contribution in [0.25, 0.3) is 0 Å². The topological polar surface area (TPSA) is 83.2 Å². The summed E-state index contributed by atoms with van der Waals surface area (Å²) in [6.45, 7) is 6.50. The van der Waals surface area contributed by atoms with Gasteiger partial charge in [-0.1, -0.05) is 57.2 Å². The molecular weight excluding hydrogens is 324 g/mol. The van der Waals surface area contributed by atoms with Crippen LogP contribution < -0.4 is 16.4 Å². The standard InChI is InChI=1S/C20H34N6/c1-2-3-4-5-6-10-13-23-19(21)24-20(22)26-16-14-25(15-17-26)18-11-8-7-9-12-18/h7-9,11-12H,2-6,10,13-17H2,1H3,(H4,21,22,23,24). The van der Waals surface area contributed by atoms with Crippen molar-refractivity contribution < 1.29 is 0 Å². The molecule has 1 heterocycles. The smallest absolute Gasteiger partial charge is 0.218 e. The van der Waals surface area contributed by atoms with Gasteiger partial charge in [-0.25, -0.2) is 0 Å². The van der Waals surface area contributed by atoms with Gasteiger partial charge >= 0.3 is 0 Å². The molecule has 1 aromatic rings. The van der Waals surface area contributed by atoms with E-state index in [1.165, 1.54) is 37.8 Å². The maximum Gasteiger partial charge on any atom is 0.218 e. The minimum Gasteiger partial charge on any atom is -0.369 e. The number of hydrogen-bond acceptors (Lipinski definition) is 2. The molecule has 6 heteroatoms. The monoisotopic (exact) mass is 358 g/mol. The molecule has 0 spiro atoms. The molecule has 0 aromatic heterocycles. The van der Waals surface area contributed by atoms with E-state index in [2.05, 4.69) is 51.0 Å². The van der Waals surface area contributed by atoms with Crippen molar-refractivity contribution in [1.29, 1.82) is 0 Å². The highest BCUT2D eigenvalue weighted by atomic mass is 15.3. The van der Waals surface area contributed by atoms with Crippen molar-refractivity contribution in [1.82, 2.24) is 4.90 Å². The molecule has 6 nitrogen and oxygen atoms in total. The molecular formula is C20H34N6. The van der Waals surface area contributed by atoms with Gasteiger partial charge in [0.1, 0.15) is 0 Å². The molecule has 1 aromatic carbocycles. The maximum atomic E-state index is 6.12. The fraction of sp³-hybridized carbons (Fsp3) is 0.600. The molecule has 0 bridgehead atoms. The zero-order chi connectivity index (χ0) is 18.6. The first-order valence-electron chi connectivity index (χ1n) is 9.89. The summed E-state index contributed by atoms with van der Waals surface area (Å²) in [5, 5.41) is 0. The van der Waals surface area contributed by atoms with Gasteiger partial charge in [-0.05, 0) is 18.6 Å². The molecule has 4 N–H and O–H groups in total. The summed E-state index contributed by atoms with van der Waals surface area (Å²) in [7, 11) is 0. The van der Waals surface area contributed by atoms with E-state index in [4.69, 9.17) is 11.5 Å². The Morgan fingerprint density at radius 3 is 2.27 bits per heavy atom. The van der Waals surface area contributed by atoms with Crippen molar-refractivity contribution >= 4 is 17.6 Å². The SMILES string of the molecule is CCCCCCCCN=C(N)N=C(N)N1CCN(c2ccccc2)CC1.